The number of β-amino-alcohol motifs (C(OH)–C–C–N with tert-alkyl or cyclic N) is 1. The Morgan fingerprint density at radius 2 is 2.23 bits per heavy atom. The number of carbonyl (C=O) groups is 2. The molecule has 2 fully saturated rings. The van der Waals surface area contributed by atoms with Crippen LogP contribution >= 0.6 is 0 Å². The van der Waals surface area contributed by atoms with Crippen LogP contribution in [0, 0.1) is 0 Å². The molecule has 1 atom stereocenters. The number of likely N-dealkylation sites (tertiary alicyclic amines) is 1. The van der Waals surface area contributed by atoms with E-state index in [0.717, 1.165) is 18.5 Å². The van der Waals surface area contributed by atoms with Gasteiger partial charge in [0.1, 0.15) is 0 Å². The first kappa shape index (κ1) is 15.0. The number of aromatic nitrogens is 1. The third-order valence-electron chi connectivity index (χ3n) is 4.38. The summed E-state index contributed by atoms with van der Waals surface area (Å²) >= 11 is 0. The first-order valence-corrected chi connectivity index (χ1v) is 7.73. The lowest BCUT2D eigenvalue weighted by Crippen LogP contribution is -2.52. The van der Waals surface area contributed by atoms with Gasteiger partial charge in [-0.05, 0) is 37.8 Å². The second-order valence-corrected chi connectivity index (χ2v) is 6.41. The minimum Gasteiger partial charge on any atom is -0.388 e. The normalized spacial score (nSPS) is 25.0. The zero-order chi connectivity index (χ0) is 15.7. The minimum atomic E-state index is -1.21. The molecule has 22 heavy (non-hydrogen) atoms. The molecule has 3 N–H and O–H groups in total. The number of primary amides is 1. The molecule has 0 bridgehead atoms. The average Bonchev–Trinajstić information content (AvgIpc) is 3.30. The fourth-order valence-electron chi connectivity index (χ4n) is 3.21. The Morgan fingerprint density at radius 1 is 1.45 bits per heavy atom. The van der Waals surface area contributed by atoms with E-state index in [1.54, 1.807) is 23.2 Å². The molecule has 0 radical (unpaired) electrons. The number of amides is 2. The molecular formula is C16H21N3O3. The summed E-state index contributed by atoms with van der Waals surface area (Å²) in [6, 6.07) is 3.56. The molecule has 2 amide bonds. The Morgan fingerprint density at radius 3 is 2.91 bits per heavy atom. The third kappa shape index (κ3) is 3.11. The van der Waals surface area contributed by atoms with Crippen molar-refractivity contribution < 1.29 is 14.7 Å². The molecule has 2 heterocycles. The van der Waals surface area contributed by atoms with Crippen molar-refractivity contribution >= 4 is 11.8 Å². The van der Waals surface area contributed by atoms with Crippen molar-refractivity contribution in [2.75, 3.05) is 13.1 Å². The van der Waals surface area contributed by atoms with Gasteiger partial charge in [0.2, 0.25) is 5.91 Å². The van der Waals surface area contributed by atoms with Crippen LogP contribution in [-0.2, 0) is 4.79 Å². The van der Waals surface area contributed by atoms with E-state index in [1.165, 1.54) is 0 Å². The summed E-state index contributed by atoms with van der Waals surface area (Å²) in [5.41, 5.74) is 5.47. The molecule has 1 aliphatic carbocycles. The summed E-state index contributed by atoms with van der Waals surface area (Å²) in [7, 11) is 0. The number of nitrogens with zero attached hydrogens (tertiary/aromatic N) is 2. The highest BCUT2D eigenvalue weighted by molar-refractivity contribution is 5.95. The van der Waals surface area contributed by atoms with Gasteiger partial charge < -0.3 is 15.7 Å². The van der Waals surface area contributed by atoms with Gasteiger partial charge in [0, 0.05) is 18.7 Å². The van der Waals surface area contributed by atoms with Gasteiger partial charge >= 0.3 is 0 Å². The molecule has 1 saturated carbocycles. The largest absolute Gasteiger partial charge is 0.388 e. The van der Waals surface area contributed by atoms with E-state index in [2.05, 4.69) is 4.98 Å². The number of aliphatic hydroxyl groups is 1. The summed E-state index contributed by atoms with van der Waals surface area (Å²) in [4.78, 5) is 29.9. The highest BCUT2D eigenvalue weighted by atomic mass is 16.3. The van der Waals surface area contributed by atoms with Crippen LogP contribution < -0.4 is 5.73 Å². The van der Waals surface area contributed by atoms with Crippen molar-refractivity contribution in [1.29, 1.82) is 0 Å². The zero-order valence-corrected chi connectivity index (χ0v) is 12.5. The third-order valence-corrected chi connectivity index (χ3v) is 4.38. The SMILES string of the molecule is NC(=O)CC1(O)CCCN(C(=O)c2cccnc2C2CC2)C1. The van der Waals surface area contributed by atoms with E-state index < -0.39 is 11.5 Å². The van der Waals surface area contributed by atoms with Crippen molar-refractivity contribution in [3.63, 3.8) is 0 Å². The van der Waals surface area contributed by atoms with E-state index in [0.29, 0.717) is 30.9 Å². The molecule has 1 saturated heterocycles. The van der Waals surface area contributed by atoms with Crippen LogP contribution in [0.2, 0.25) is 0 Å². The van der Waals surface area contributed by atoms with E-state index >= 15 is 0 Å². The zero-order valence-electron chi connectivity index (χ0n) is 12.5. The Bertz CT molecular complexity index is 600. The lowest BCUT2D eigenvalue weighted by Gasteiger charge is -2.38. The number of rotatable bonds is 4. The maximum absolute atomic E-state index is 12.8. The molecule has 1 aliphatic heterocycles. The van der Waals surface area contributed by atoms with E-state index in [1.807, 2.05) is 0 Å². The molecule has 1 aromatic heterocycles. The topological polar surface area (TPSA) is 96.5 Å². The first-order chi connectivity index (χ1) is 10.5. The molecule has 118 valence electrons. The van der Waals surface area contributed by atoms with Crippen molar-refractivity contribution in [1.82, 2.24) is 9.88 Å². The predicted molar refractivity (Wildman–Crippen MR) is 80.1 cm³/mol. The van der Waals surface area contributed by atoms with Gasteiger partial charge in [-0.1, -0.05) is 0 Å². The molecule has 0 aromatic carbocycles. The maximum Gasteiger partial charge on any atom is 0.255 e. The number of hydrogen-bond acceptors (Lipinski definition) is 4. The number of hydrogen-bond donors (Lipinski definition) is 2. The Kier molecular flexibility index (Phi) is 3.87. The molecule has 1 aromatic rings. The van der Waals surface area contributed by atoms with Crippen molar-refractivity contribution in [2.45, 2.75) is 43.6 Å². The summed E-state index contributed by atoms with van der Waals surface area (Å²) in [6.45, 7) is 0.729. The summed E-state index contributed by atoms with van der Waals surface area (Å²) in [5.74, 6) is -0.274. The molecule has 0 spiro atoms. The Balaban J connectivity index is 1.79. The maximum atomic E-state index is 12.8. The van der Waals surface area contributed by atoms with Crippen LogP contribution in [0.15, 0.2) is 18.3 Å². The van der Waals surface area contributed by atoms with Crippen molar-refractivity contribution in [3.05, 3.63) is 29.6 Å². The summed E-state index contributed by atoms with van der Waals surface area (Å²) in [6.07, 6.45) is 4.89. The van der Waals surface area contributed by atoms with Crippen LogP contribution in [0.5, 0.6) is 0 Å². The van der Waals surface area contributed by atoms with Crippen LogP contribution in [0.3, 0.4) is 0 Å². The molecular weight excluding hydrogens is 282 g/mol. The van der Waals surface area contributed by atoms with Gasteiger partial charge in [-0.25, -0.2) is 0 Å². The van der Waals surface area contributed by atoms with Gasteiger partial charge in [-0.15, -0.1) is 0 Å². The molecule has 3 rings (SSSR count). The molecule has 6 nitrogen and oxygen atoms in total. The van der Waals surface area contributed by atoms with Crippen LogP contribution in [0.4, 0.5) is 0 Å². The number of piperidine rings is 1. The van der Waals surface area contributed by atoms with Gasteiger partial charge in [-0.3, -0.25) is 14.6 Å². The average molecular weight is 303 g/mol. The van der Waals surface area contributed by atoms with Crippen molar-refractivity contribution in [2.24, 2.45) is 5.73 Å². The highest BCUT2D eigenvalue weighted by Gasteiger charge is 2.38. The Hall–Kier alpha value is -1.95. The Labute approximate surface area is 129 Å². The van der Waals surface area contributed by atoms with E-state index in [9.17, 15) is 14.7 Å². The van der Waals surface area contributed by atoms with Crippen molar-refractivity contribution in [3.8, 4) is 0 Å². The number of nitrogens with two attached hydrogens (primary N) is 1. The van der Waals surface area contributed by atoms with E-state index in [4.69, 9.17) is 5.73 Å². The second kappa shape index (κ2) is 5.68. The monoisotopic (exact) mass is 303 g/mol. The summed E-state index contributed by atoms with van der Waals surface area (Å²) < 4.78 is 0. The fraction of sp³-hybridized carbons (Fsp3) is 0.562. The van der Waals surface area contributed by atoms with Crippen LogP contribution in [0.25, 0.3) is 0 Å². The van der Waals surface area contributed by atoms with Gasteiger partial charge in [0.25, 0.3) is 5.91 Å². The molecule has 2 aliphatic rings. The molecule has 1 unspecified atom stereocenters. The van der Waals surface area contributed by atoms with Gasteiger partial charge in [0.15, 0.2) is 0 Å². The van der Waals surface area contributed by atoms with Crippen LogP contribution in [-0.4, -0.2) is 45.5 Å². The van der Waals surface area contributed by atoms with Crippen LogP contribution in [0.1, 0.15) is 54.1 Å². The fourth-order valence-corrected chi connectivity index (χ4v) is 3.21. The van der Waals surface area contributed by atoms with Gasteiger partial charge in [0.05, 0.1) is 29.8 Å². The number of pyridine rings is 1. The quantitative estimate of drug-likeness (QED) is 0.860. The lowest BCUT2D eigenvalue weighted by molar-refractivity contribution is -0.125. The first-order valence-electron chi connectivity index (χ1n) is 7.73. The minimum absolute atomic E-state index is 0.112. The predicted octanol–water partition coefficient (Wildman–Crippen LogP) is 0.801. The van der Waals surface area contributed by atoms with Gasteiger partial charge in [-0.2, -0.15) is 0 Å². The second-order valence-electron chi connectivity index (χ2n) is 6.41. The lowest BCUT2D eigenvalue weighted by atomic mass is 9.89. The van der Waals surface area contributed by atoms with E-state index in [-0.39, 0.29) is 18.9 Å². The highest BCUT2D eigenvalue weighted by Crippen LogP contribution is 2.40. The number of carbonyl (C=O) groups excluding carboxylic acids is 2. The smallest absolute Gasteiger partial charge is 0.255 e. The molecule has 6 heteroatoms. The summed E-state index contributed by atoms with van der Waals surface area (Å²) in [5, 5.41) is 10.5. The standard InChI is InChI=1S/C16H21N3O3/c17-13(20)9-16(22)6-2-8-19(10-16)15(21)12-3-1-7-18-14(12)11-4-5-11/h1,3,7,11,22H,2,4-6,8-10H2,(H2,17,20).